The van der Waals surface area contributed by atoms with Crippen molar-refractivity contribution in [3.8, 4) is 0 Å². The lowest BCUT2D eigenvalue weighted by molar-refractivity contribution is -0.117. The van der Waals surface area contributed by atoms with Crippen LogP contribution in [0.2, 0.25) is 5.02 Å². The zero-order valence-electron chi connectivity index (χ0n) is 18.4. The Labute approximate surface area is 197 Å². The summed E-state index contributed by atoms with van der Waals surface area (Å²) in [5.74, 6) is -0.848. The molecule has 2 aliphatic rings. The van der Waals surface area contributed by atoms with Gasteiger partial charge in [-0.05, 0) is 62.1 Å². The Hall–Kier alpha value is -3.64. The van der Waals surface area contributed by atoms with Gasteiger partial charge in [0.15, 0.2) is 0 Å². The molecule has 168 valence electrons. The highest BCUT2D eigenvalue weighted by Crippen LogP contribution is 2.37. The van der Waals surface area contributed by atoms with E-state index in [0.717, 1.165) is 12.8 Å². The maximum Gasteiger partial charge on any atom is 0.258 e. The number of hydrogen-bond donors (Lipinski definition) is 3. The highest BCUT2D eigenvalue weighted by atomic mass is 35.5. The van der Waals surface area contributed by atoms with Crippen LogP contribution in [-0.2, 0) is 9.59 Å². The van der Waals surface area contributed by atoms with E-state index in [-0.39, 0.29) is 17.7 Å². The molecule has 6 nitrogen and oxygen atoms in total. The first-order valence-corrected chi connectivity index (χ1v) is 11.1. The average Bonchev–Trinajstić information content (AvgIpc) is 3.32. The molecule has 7 heteroatoms. The molecule has 0 fully saturated rings. The zero-order valence-corrected chi connectivity index (χ0v) is 19.2. The number of hydrogen-bond acceptors (Lipinski definition) is 3. The number of carbonyl (C=O) groups excluding carboxylic acids is 3. The minimum absolute atomic E-state index is 0.156. The van der Waals surface area contributed by atoms with Crippen LogP contribution in [0.5, 0.6) is 0 Å². The number of amides is 3. The molecule has 0 unspecified atom stereocenters. The van der Waals surface area contributed by atoms with Crippen molar-refractivity contribution in [2.24, 2.45) is 0 Å². The number of carbonyl (C=O) groups is 3. The summed E-state index contributed by atoms with van der Waals surface area (Å²) < 4.78 is 0. The molecular formula is C26H24ClN3O3. The summed E-state index contributed by atoms with van der Waals surface area (Å²) in [5, 5.41) is 9.09. The van der Waals surface area contributed by atoms with Crippen LogP contribution in [0.3, 0.4) is 0 Å². The number of fused-ring (bicyclic) bond motifs is 1. The fourth-order valence-electron chi connectivity index (χ4n) is 3.82. The molecule has 3 N–H and O–H groups in total. The lowest BCUT2D eigenvalue weighted by atomic mass is 10.0. The Morgan fingerprint density at radius 2 is 1.39 bits per heavy atom. The van der Waals surface area contributed by atoms with Crippen LogP contribution in [0.4, 0.5) is 0 Å². The molecule has 0 aromatic heterocycles. The first-order valence-electron chi connectivity index (χ1n) is 10.7. The molecule has 0 spiro atoms. The van der Waals surface area contributed by atoms with Crippen LogP contribution in [0.15, 0.2) is 71.3 Å². The summed E-state index contributed by atoms with van der Waals surface area (Å²) in [4.78, 5) is 37.9. The van der Waals surface area contributed by atoms with E-state index < -0.39 is 0 Å². The molecule has 2 aliphatic heterocycles. The van der Waals surface area contributed by atoms with Crippen LogP contribution >= 0.6 is 11.6 Å². The van der Waals surface area contributed by atoms with Crippen molar-refractivity contribution in [3.63, 3.8) is 0 Å². The molecule has 2 aromatic carbocycles. The van der Waals surface area contributed by atoms with E-state index in [1.54, 1.807) is 48.5 Å². The molecule has 0 atom stereocenters. The van der Waals surface area contributed by atoms with Crippen molar-refractivity contribution >= 4 is 40.7 Å². The van der Waals surface area contributed by atoms with Crippen LogP contribution in [-0.4, -0.2) is 24.3 Å². The second-order valence-corrected chi connectivity index (χ2v) is 8.61. The fraction of sp³-hybridized carbons (Fsp3) is 0.192. The number of allylic oxidation sites excluding steroid dienone is 2. The molecule has 2 heterocycles. The van der Waals surface area contributed by atoms with Crippen LogP contribution in [0, 0.1) is 0 Å². The second-order valence-electron chi connectivity index (χ2n) is 8.17. The van der Waals surface area contributed by atoms with Gasteiger partial charge in [-0.1, -0.05) is 47.5 Å². The number of unbranched alkanes of at least 4 members (excludes halogenated alkanes) is 1. The predicted molar refractivity (Wildman–Crippen MR) is 129 cm³/mol. The molecular weight excluding hydrogens is 438 g/mol. The van der Waals surface area contributed by atoms with Gasteiger partial charge < -0.3 is 16.0 Å². The Kier molecular flexibility index (Phi) is 6.47. The van der Waals surface area contributed by atoms with Crippen molar-refractivity contribution in [2.75, 3.05) is 6.54 Å². The van der Waals surface area contributed by atoms with Gasteiger partial charge in [-0.3, -0.25) is 14.4 Å². The maximum atomic E-state index is 12.7. The normalized spacial score (nSPS) is 14.8. The predicted octanol–water partition coefficient (Wildman–Crippen LogP) is 4.20. The van der Waals surface area contributed by atoms with Gasteiger partial charge in [0.2, 0.25) is 0 Å². The monoisotopic (exact) mass is 461 g/mol. The standard InChI is InChI=1S/C26H24ClN3O3/c1-15(2)5-3-4-14-28-24(31)18-8-6-16(7-9-18)22-20-21(26(33)29-22)23(30-25(20)32)17-10-12-19(27)13-11-17/h5-13H,3-4,14H2,1-2H3,(H,28,31)(H,29,33)(H,30,32). The van der Waals surface area contributed by atoms with E-state index in [9.17, 15) is 14.4 Å². The Bertz CT molecular complexity index is 1220. The lowest BCUT2D eigenvalue weighted by Gasteiger charge is -2.09. The smallest absolute Gasteiger partial charge is 0.258 e. The largest absolute Gasteiger partial charge is 0.352 e. The highest BCUT2D eigenvalue weighted by Gasteiger charge is 2.40. The van der Waals surface area contributed by atoms with Gasteiger partial charge in [0.1, 0.15) is 0 Å². The van der Waals surface area contributed by atoms with Crippen molar-refractivity contribution < 1.29 is 14.4 Å². The van der Waals surface area contributed by atoms with E-state index >= 15 is 0 Å². The molecule has 0 saturated carbocycles. The van der Waals surface area contributed by atoms with Crippen LogP contribution < -0.4 is 16.0 Å². The molecule has 33 heavy (non-hydrogen) atoms. The van der Waals surface area contributed by atoms with Gasteiger partial charge in [0, 0.05) is 17.1 Å². The van der Waals surface area contributed by atoms with E-state index in [2.05, 4.69) is 35.9 Å². The topological polar surface area (TPSA) is 87.3 Å². The second kappa shape index (κ2) is 9.46. The SMILES string of the molecule is CC(C)=CCCCNC(=O)c1ccc(C2=C3C(=O)NC(c4ccc(Cl)cc4)=C3C(=O)N2)cc1. The summed E-state index contributed by atoms with van der Waals surface area (Å²) >= 11 is 5.96. The third-order valence-corrected chi connectivity index (χ3v) is 5.72. The van der Waals surface area contributed by atoms with E-state index in [4.69, 9.17) is 11.6 Å². The number of rotatable bonds is 7. The van der Waals surface area contributed by atoms with Crippen molar-refractivity contribution in [3.05, 3.63) is 93.0 Å². The summed E-state index contributed by atoms with van der Waals surface area (Å²) in [7, 11) is 0. The average molecular weight is 462 g/mol. The fourth-order valence-corrected chi connectivity index (χ4v) is 3.94. The molecule has 2 aromatic rings. The Morgan fingerprint density at radius 1 is 0.879 bits per heavy atom. The summed E-state index contributed by atoms with van der Waals surface area (Å²) in [6, 6.07) is 13.8. The number of nitrogens with one attached hydrogen (secondary N) is 3. The molecule has 4 rings (SSSR count). The minimum atomic E-state index is -0.346. The van der Waals surface area contributed by atoms with Gasteiger partial charge >= 0.3 is 0 Å². The molecule has 3 amide bonds. The zero-order chi connectivity index (χ0) is 23.5. The van der Waals surface area contributed by atoms with Crippen molar-refractivity contribution in [1.82, 2.24) is 16.0 Å². The first kappa shape index (κ1) is 22.6. The molecule has 0 bridgehead atoms. The third kappa shape index (κ3) is 4.76. The van der Waals surface area contributed by atoms with E-state index in [1.165, 1.54) is 5.57 Å². The van der Waals surface area contributed by atoms with Crippen molar-refractivity contribution in [2.45, 2.75) is 26.7 Å². The summed E-state index contributed by atoms with van der Waals surface area (Å²) in [6.07, 6.45) is 3.94. The van der Waals surface area contributed by atoms with Gasteiger partial charge in [-0.15, -0.1) is 0 Å². The van der Waals surface area contributed by atoms with Gasteiger partial charge in [0.25, 0.3) is 17.7 Å². The van der Waals surface area contributed by atoms with Crippen LogP contribution in [0.25, 0.3) is 11.4 Å². The number of halogens is 1. The Balaban J connectivity index is 1.53. The summed E-state index contributed by atoms with van der Waals surface area (Å²) in [6.45, 7) is 4.70. The van der Waals surface area contributed by atoms with Gasteiger partial charge in [-0.25, -0.2) is 0 Å². The van der Waals surface area contributed by atoms with Crippen LogP contribution in [0.1, 0.15) is 48.2 Å². The minimum Gasteiger partial charge on any atom is -0.352 e. The third-order valence-electron chi connectivity index (χ3n) is 5.47. The van der Waals surface area contributed by atoms with E-state index in [1.807, 2.05) is 0 Å². The van der Waals surface area contributed by atoms with E-state index in [0.29, 0.717) is 50.8 Å². The quantitative estimate of drug-likeness (QED) is 0.426. The molecule has 0 saturated heterocycles. The maximum absolute atomic E-state index is 12.7. The number of benzene rings is 2. The highest BCUT2D eigenvalue weighted by molar-refractivity contribution is 6.31. The molecule has 0 aliphatic carbocycles. The Morgan fingerprint density at radius 3 is 1.91 bits per heavy atom. The van der Waals surface area contributed by atoms with Gasteiger partial charge in [0.05, 0.1) is 22.5 Å². The van der Waals surface area contributed by atoms with Gasteiger partial charge in [-0.2, -0.15) is 0 Å². The van der Waals surface area contributed by atoms with Crippen molar-refractivity contribution in [1.29, 1.82) is 0 Å². The first-order chi connectivity index (χ1) is 15.8. The summed E-state index contributed by atoms with van der Waals surface area (Å²) in [5.41, 5.74) is 4.65. The lowest BCUT2D eigenvalue weighted by Crippen LogP contribution is -2.24. The molecule has 0 radical (unpaired) electrons.